The normalized spacial score (nSPS) is 11.1. The standard InChI is InChI=1S/C26H18FN2O/c1-16-13-21(17-7-5-4-6-8-17)25-20-11-10-19(28-2)14-23(20)30-26(25)24(16)22-12-9-18(27)15-29(22)3/h4-15H,1,3H3/q+1. The van der Waals surface area contributed by atoms with E-state index >= 15 is 0 Å². The van der Waals surface area contributed by atoms with Gasteiger partial charge in [-0.2, -0.15) is 4.57 Å². The number of furan rings is 1. The van der Waals surface area contributed by atoms with Crippen LogP contribution >= 0.6 is 0 Å². The molecule has 5 aromatic rings. The second kappa shape index (κ2) is 6.82. The van der Waals surface area contributed by atoms with Crippen molar-refractivity contribution in [2.75, 3.05) is 0 Å². The van der Waals surface area contributed by atoms with Gasteiger partial charge in [0.15, 0.2) is 11.5 Å². The van der Waals surface area contributed by atoms with Crippen molar-refractivity contribution in [3.63, 3.8) is 0 Å². The number of fused-ring (bicyclic) bond motifs is 3. The molecule has 0 bridgehead atoms. The Labute approximate surface area is 173 Å². The topological polar surface area (TPSA) is 21.4 Å². The first kappa shape index (κ1) is 18.1. The van der Waals surface area contributed by atoms with Crippen molar-refractivity contribution in [1.82, 2.24) is 0 Å². The lowest BCUT2D eigenvalue weighted by Crippen LogP contribution is -2.31. The predicted octanol–water partition coefficient (Wildman–Crippen LogP) is 6.74. The maximum absolute atomic E-state index is 13.7. The minimum Gasteiger partial charge on any atom is -0.456 e. The minimum atomic E-state index is -0.289. The second-order valence-corrected chi connectivity index (χ2v) is 7.42. The molecule has 3 nitrogen and oxygen atoms in total. The molecule has 3 aromatic carbocycles. The van der Waals surface area contributed by atoms with E-state index in [1.54, 1.807) is 16.7 Å². The molecule has 30 heavy (non-hydrogen) atoms. The van der Waals surface area contributed by atoms with Crippen LogP contribution in [0.3, 0.4) is 0 Å². The van der Waals surface area contributed by atoms with Crippen LogP contribution in [0.25, 0.3) is 49.2 Å². The van der Waals surface area contributed by atoms with E-state index in [4.69, 9.17) is 11.0 Å². The fourth-order valence-corrected chi connectivity index (χ4v) is 4.14. The molecular weight excluding hydrogens is 375 g/mol. The summed E-state index contributed by atoms with van der Waals surface area (Å²) in [7, 11) is 1.83. The minimum absolute atomic E-state index is 0.289. The van der Waals surface area contributed by atoms with E-state index in [0.717, 1.165) is 44.3 Å². The van der Waals surface area contributed by atoms with Crippen LogP contribution in [0.1, 0.15) is 5.56 Å². The number of aromatic nitrogens is 1. The highest BCUT2D eigenvalue weighted by atomic mass is 19.1. The number of benzene rings is 3. The van der Waals surface area contributed by atoms with E-state index in [9.17, 15) is 4.39 Å². The summed E-state index contributed by atoms with van der Waals surface area (Å²) >= 11 is 0. The maximum atomic E-state index is 13.7. The fourth-order valence-electron chi connectivity index (χ4n) is 4.14. The molecule has 0 aliphatic rings. The quantitative estimate of drug-likeness (QED) is 0.240. The molecule has 0 atom stereocenters. The number of hydrogen-bond acceptors (Lipinski definition) is 1. The van der Waals surface area contributed by atoms with Gasteiger partial charge in [-0.3, -0.25) is 0 Å². The molecule has 0 aliphatic heterocycles. The first-order valence-corrected chi connectivity index (χ1v) is 9.65. The van der Waals surface area contributed by atoms with Gasteiger partial charge >= 0.3 is 0 Å². The average Bonchev–Trinajstić information content (AvgIpc) is 3.13. The summed E-state index contributed by atoms with van der Waals surface area (Å²) in [4.78, 5) is 3.54. The molecule has 0 radical (unpaired) electrons. The monoisotopic (exact) mass is 393 g/mol. The van der Waals surface area contributed by atoms with Gasteiger partial charge in [-0.05, 0) is 41.8 Å². The summed E-state index contributed by atoms with van der Waals surface area (Å²) in [5.41, 5.74) is 6.95. The average molecular weight is 393 g/mol. The Kier molecular flexibility index (Phi) is 4.11. The number of nitrogens with zero attached hydrogens (tertiary/aromatic N) is 2. The van der Waals surface area contributed by atoms with Gasteiger partial charge in [0.25, 0.3) is 0 Å². The van der Waals surface area contributed by atoms with Crippen molar-refractivity contribution in [2.45, 2.75) is 6.92 Å². The second-order valence-electron chi connectivity index (χ2n) is 7.42. The molecule has 2 heterocycles. The lowest BCUT2D eigenvalue weighted by atomic mass is 9.92. The van der Waals surface area contributed by atoms with Crippen LogP contribution in [0.15, 0.2) is 77.3 Å². The van der Waals surface area contributed by atoms with Gasteiger partial charge in [0.05, 0.1) is 12.1 Å². The van der Waals surface area contributed by atoms with E-state index in [0.29, 0.717) is 11.3 Å². The smallest absolute Gasteiger partial charge is 0.216 e. The molecule has 0 saturated heterocycles. The Morgan fingerprint density at radius 3 is 2.53 bits per heavy atom. The van der Waals surface area contributed by atoms with Crippen molar-refractivity contribution in [1.29, 1.82) is 0 Å². The summed E-state index contributed by atoms with van der Waals surface area (Å²) in [6.07, 6.45) is 1.46. The molecule has 144 valence electrons. The van der Waals surface area contributed by atoms with Gasteiger partial charge in [-0.1, -0.05) is 42.5 Å². The molecule has 0 aliphatic carbocycles. The van der Waals surface area contributed by atoms with E-state index < -0.39 is 0 Å². The summed E-state index contributed by atoms with van der Waals surface area (Å²) in [5.74, 6) is -0.289. The summed E-state index contributed by atoms with van der Waals surface area (Å²) in [6.45, 7) is 9.38. The molecule has 4 heteroatoms. The van der Waals surface area contributed by atoms with Crippen molar-refractivity contribution in [3.8, 4) is 22.4 Å². The van der Waals surface area contributed by atoms with E-state index in [1.165, 1.54) is 12.3 Å². The zero-order valence-electron chi connectivity index (χ0n) is 16.6. The Bertz CT molecular complexity index is 1480. The predicted molar refractivity (Wildman–Crippen MR) is 117 cm³/mol. The number of pyridine rings is 1. The highest BCUT2D eigenvalue weighted by molar-refractivity contribution is 6.16. The largest absolute Gasteiger partial charge is 0.456 e. The molecule has 2 aromatic heterocycles. The van der Waals surface area contributed by atoms with Gasteiger partial charge in [-0.25, -0.2) is 9.24 Å². The van der Waals surface area contributed by atoms with Crippen LogP contribution in [0.4, 0.5) is 10.1 Å². The molecule has 0 unspecified atom stereocenters. The first-order valence-electron chi connectivity index (χ1n) is 9.65. The molecular formula is C26H18FN2O+. The summed E-state index contributed by atoms with van der Waals surface area (Å²) in [5, 5.41) is 1.96. The lowest BCUT2D eigenvalue weighted by molar-refractivity contribution is -0.661. The van der Waals surface area contributed by atoms with Gasteiger partial charge in [0, 0.05) is 16.8 Å². The Morgan fingerprint density at radius 1 is 1.00 bits per heavy atom. The molecule has 0 fully saturated rings. The molecule has 0 saturated carbocycles. The van der Waals surface area contributed by atoms with Crippen molar-refractivity contribution in [2.24, 2.45) is 7.05 Å². The fraction of sp³-hybridized carbons (Fsp3) is 0.0769. The zero-order valence-corrected chi connectivity index (χ0v) is 16.6. The molecule has 0 N–H and O–H groups in total. The van der Waals surface area contributed by atoms with E-state index in [2.05, 4.69) is 23.0 Å². The van der Waals surface area contributed by atoms with Crippen LogP contribution in [-0.4, -0.2) is 0 Å². The van der Waals surface area contributed by atoms with E-state index in [1.807, 2.05) is 44.3 Å². The van der Waals surface area contributed by atoms with Crippen LogP contribution in [0.2, 0.25) is 0 Å². The number of aryl methyl sites for hydroxylation is 2. The van der Waals surface area contributed by atoms with Crippen LogP contribution in [0.5, 0.6) is 0 Å². The Hall–Kier alpha value is -3.97. The molecule has 0 spiro atoms. The van der Waals surface area contributed by atoms with E-state index in [-0.39, 0.29) is 5.82 Å². The molecule has 0 amide bonds. The number of rotatable bonds is 2. The third-order valence-electron chi connectivity index (χ3n) is 5.49. The van der Waals surface area contributed by atoms with Crippen LogP contribution in [-0.2, 0) is 7.05 Å². The Morgan fingerprint density at radius 2 is 1.80 bits per heavy atom. The van der Waals surface area contributed by atoms with Crippen LogP contribution in [0, 0.1) is 19.3 Å². The van der Waals surface area contributed by atoms with Crippen molar-refractivity contribution < 1.29 is 13.4 Å². The highest BCUT2D eigenvalue weighted by Crippen LogP contribution is 2.43. The lowest BCUT2D eigenvalue weighted by Gasteiger charge is -2.10. The number of hydrogen-bond donors (Lipinski definition) is 0. The first-order chi connectivity index (χ1) is 14.6. The van der Waals surface area contributed by atoms with Gasteiger partial charge in [0.2, 0.25) is 11.9 Å². The number of halogens is 1. The summed E-state index contributed by atoms with van der Waals surface area (Å²) < 4.78 is 21.9. The molecule has 5 rings (SSSR count). The SMILES string of the molecule is [C-]#[N+]c1ccc2c(c1)oc1c(-c3ccc(F)c[n+]3C)c(C)cc(-c3ccccc3)c12. The zero-order chi connectivity index (χ0) is 20.8. The Balaban J connectivity index is 1.95. The van der Waals surface area contributed by atoms with Gasteiger partial charge in [-0.15, -0.1) is 0 Å². The van der Waals surface area contributed by atoms with Gasteiger partial charge < -0.3 is 4.42 Å². The van der Waals surface area contributed by atoms with Crippen molar-refractivity contribution >= 4 is 27.6 Å². The maximum Gasteiger partial charge on any atom is 0.216 e. The summed E-state index contributed by atoms with van der Waals surface area (Å²) in [6, 6.07) is 21.1. The third-order valence-corrected chi connectivity index (χ3v) is 5.49. The van der Waals surface area contributed by atoms with Gasteiger partial charge in [0.1, 0.15) is 18.2 Å². The highest BCUT2D eigenvalue weighted by Gasteiger charge is 2.24. The third kappa shape index (κ3) is 2.75. The van der Waals surface area contributed by atoms with Crippen LogP contribution < -0.4 is 4.57 Å². The van der Waals surface area contributed by atoms with Crippen molar-refractivity contribution in [3.05, 3.63) is 95.7 Å².